The number of halogens is 1. The third kappa shape index (κ3) is 4.37. The Morgan fingerprint density at radius 2 is 1.68 bits per heavy atom. The van der Waals surface area contributed by atoms with Crippen LogP contribution in [0.5, 0.6) is 0 Å². The van der Waals surface area contributed by atoms with Gasteiger partial charge in [0.25, 0.3) is 0 Å². The maximum absolute atomic E-state index is 12.3. The minimum absolute atomic E-state index is 0.126. The lowest BCUT2D eigenvalue weighted by atomic mass is 10.0. The normalized spacial score (nSPS) is 10.5. The van der Waals surface area contributed by atoms with Gasteiger partial charge in [0, 0.05) is 12.6 Å². The highest BCUT2D eigenvalue weighted by Crippen LogP contribution is 2.25. The lowest BCUT2D eigenvalue weighted by molar-refractivity contribution is -0.116. The van der Waals surface area contributed by atoms with E-state index >= 15 is 0 Å². The topological polar surface area (TPSA) is 58.2 Å². The van der Waals surface area contributed by atoms with Gasteiger partial charge in [-0.2, -0.15) is 0 Å². The molecule has 5 heteroatoms. The first-order valence-corrected chi connectivity index (χ1v) is 8.24. The molecule has 0 saturated heterocycles. The van der Waals surface area contributed by atoms with Crippen molar-refractivity contribution in [2.45, 2.75) is 13.3 Å². The van der Waals surface area contributed by atoms with E-state index in [9.17, 15) is 9.59 Å². The molecule has 4 nitrogen and oxygen atoms in total. The summed E-state index contributed by atoms with van der Waals surface area (Å²) < 4.78 is 0. The molecule has 2 N–H and O–H groups in total. The van der Waals surface area contributed by atoms with E-state index in [4.69, 9.17) is 11.6 Å². The molecule has 0 aliphatic carbocycles. The molecule has 0 spiro atoms. The van der Waals surface area contributed by atoms with Crippen molar-refractivity contribution >= 4 is 45.6 Å². The summed E-state index contributed by atoms with van der Waals surface area (Å²) in [5.74, 6) is -0.325. The number of carbonyl (C=O) groups excluding carboxylic acids is 2. The van der Waals surface area contributed by atoms with Crippen molar-refractivity contribution in [2.75, 3.05) is 10.6 Å². The largest absolute Gasteiger partial charge is 0.326 e. The lowest BCUT2D eigenvalue weighted by Gasteiger charge is -2.09. The summed E-state index contributed by atoms with van der Waals surface area (Å²) in [5, 5.41) is 8.08. The molecule has 0 fully saturated rings. The van der Waals surface area contributed by atoms with Crippen LogP contribution in [0.4, 0.5) is 11.4 Å². The minimum Gasteiger partial charge on any atom is -0.326 e. The Kier molecular flexibility index (Phi) is 5.00. The molecule has 0 radical (unpaired) electrons. The van der Waals surface area contributed by atoms with Gasteiger partial charge in [-0.3, -0.25) is 9.59 Å². The maximum Gasteiger partial charge on any atom is 0.228 e. The molecule has 25 heavy (non-hydrogen) atoms. The van der Waals surface area contributed by atoms with Gasteiger partial charge >= 0.3 is 0 Å². The van der Waals surface area contributed by atoms with Gasteiger partial charge in [0.05, 0.1) is 17.1 Å². The first kappa shape index (κ1) is 17.0. The zero-order chi connectivity index (χ0) is 17.8. The number of amides is 2. The molecule has 0 aliphatic rings. The molecular formula is C20H17ClN2O2. The molecule has 0 aromatic heterocycles. The smallest absolute Gasteiger partial charge is 0.228 e. The predicted molar refractivity (Wildman–Crippen MR) is 102 cm³/mol. The Hall–Kier alpha value is -2.85. The number of carbonyl (C=O) groups is 2. The first-order chi connectivity index (χ1) is 12.0. The Labute approximate surface area is 150 Å². The van der Waals surface area contributed by atoms with E-state index in [1.807, 2.05) is 42.5 Å². The summed E-state index contributed by atoms with van der Waals surface area (Å²) in [6.07, 6.45) is 0.274. The van der Waals surface area contributed by atoms with Crippen LogP contribution in [-0.2, 0) is 16.0 Å². The van der Waals surface area contributed by atoms with Crippen molar-refractivity contribution in [3.05, 3.63) is 71.2 Å². The van der Waals surface area contributed by atoms with Gasteiger partial charge in [-0.25, -0.2) is 0 Å². The van der Waals surface area contributed by atoms with Crippen molar-refractivity contribution in [3.63, 3.8) is 0 Å². The molecule has 0 unspecified atom stereocenters. The fourth-order valence-corrected chi connectivity index (χ4v) is 2.85. The first-order valence-electron chi connectivity index (χ1n) is 7.86. The fourth-order valence-electron chi connectivity index (χ4n) is 2.62. The third-order valence-corrected chi connectivity index (χ3v) is 4.05. The van der Waals surface area contributed by atoms with Crippen molar-refractivity contribution in [1.82, 2.24) is 0 Å². The van der Waals surface area contributed by atoms with Crippen LogP contribution in [0.25, 0.3) is 10.8 Å². The average molecular weight is 353 g/mol. The molecule has 0 saturated carbocycles. The molecule has 0 aliphatic heterocycles. The van der Waals surface area contributed by atoms with Crippen LogP contribution >= 0.6 is 11.6 Å². The molecule has 3 aromatic carbocycles. The summed E-state index contributed by atoms with van der Waals surface area (Å²) in [4.78, 5) is 23.4. The summed E-state index contributed by atoms with van der Waals surface area (Å²) in [6, 6.07) is 19.0. The number of hydrogen-bond donors (Lipinski definition) is 2. The zero-order valence-corrected chi connectivity index (χ0v) is 14.4. The molecule has 2 amide bonds. The summed E-state index contributed by atoms with van der Waals surface area (Å²) in [5.41, 5.74) is 2.05. The van der Waals surface area contributed by atoms with E-state index in [-0.39, 0.29) is 18.2 Å². The Bertz CT molecular complexity index is 953. The number of rotatable bonds is 4. The van der Waals surface area contributed by atoms with Crippen LogP contribution in [0.3, 0.4) is 0 Å². The third-order valence-electron chi connectivity index (χ3n) is 3.74. The van der Waals surface area contributed by atoms with Gasteiger partial charge in [0.1, 0.15) is 0 Å². The molecule has 3 rings (SSSR count). The van der Waals surface area contributed by atoms with E-state index in [0.29, 0.717) is 16.4 Å². The van der Waals surface area contributed by atoms with E-state index in [1.165, 1.54) is 6.92 Å². The van der Waals surface area contributed by atoms with E-state index in [0.717, 1.165) is 16.3 Å². The van der Waals surface area contributed by atoms with Crippen molar-refractivity contribution in [1.29, 1.82) is 0 Å². The van der Waals surface area contributed by atoms with Gasteiger partial charge in [-0.15, -0.1) is 0 Å². The standard InChI is InChI=1S/C20H17ClN2O2/c1-13(24)22-19-9-8-17(12-18(19)21)23-20(25)11-14-6-7-15-4-2-3-5-16(15)10-14/h2-10,12H,11H2,1H3,(H,22,24)(H,23,25). The highest BCUT2D eigenvalue weighted by atomic mass is 35.5. The highest BCUT2D eigenvalue weighted by Gasteiger charge is 2.08. The second-order valence-electron chi connectivity index (χ2n) is 5.78. The summed E-state index contributed by atoms with van der Waals surface area (Å²) in [7, 11) is 0. The maximum atomic E-state index is 12.3. The number of nitrogens with one attached hydrogen (secondary N) is 2. The van der Waals surface area contributed by atoms with Crippen molar-refractivity contribution in [3.8, 4) is 0 Å². The Morgan fingerprint density at radius 1 is 0.920 bits per heavy atom. The fraction of sp³-hybridized carbons (Fsp3) is 0.100. The van der Waals surface area contributed by atoms with Gasteiger partial charge in [-0.1, -0.05) is 54.1 Å². The Balaban J connectivity index is 1.69. The monoisotopic (exact) mass is 352 g/mol. The SMILES string of the molecule is CC(=O)Nc1ccc(NC(=O)Cc2ccc3ccccc3c2)cc1Cl. The zero-order valence-electron chi connectivity index (χ0n) is 13.7. The molecule has 0 bridgehead atoms. The summed E-state index contributed by atoms with van der Waals surface area (Å²) >= 11 is 6.12. The number of benzene rings is 3. The lowest BCUT2D eigenvalue weighted by Crippen LogP contribution is -2.14. The van der Waals surface area contributed by atoms with E-state index in [1.54, 1.807) is 18.2 Å². The number of hydrogen-bond acceptors (Lipinski definition) is 2. The number of fused-ring (bicyclic) bond motifs is 1. The van der Waals surface area contributed by atoms with Crippen LogP contribution in [0, 0.1) is 0 Å². The van der Waals surface area contributed by atoms with Crippen LogP contribution < -0.4 is 10.6 Å². The van der Waals surface area contributed by atoms with Gasteiger partial charge in [0.2, 0.25) is 11.8 Å². The highest BCUT2D eigenvalue weighted by molar-refractivity contribution is 6.34. The predicted octanol–water partition coefficient (Wildman–Crippen LogP) is 4.63. The van der Waals surface area contributed by atoms with E-state index < -0.39 is 0 Å². The van der Waals surface area contributed by atoms with Crippen LogP contribution in [0.15, 0.2) is 60.7 Å². The second-order valence-corrected chi connectivity index (χ2v) is 6.19. The van der Waals surface area contributed by atoms with Crippen LogP contribution in [-0.4, -0.2) is 11.8 Å². The molecule has 0 heterocycles. The van der Waals surface area contributed by atoms with E-state index in [2.05, 4.69) is 10.6 Å². The molecular weight excluding hydrogens is 336 g/mol. The molecule has 0 atom stereocenters. The van der Waals surface area contributed by atoms with Crippen LogP contribution in [0.2, 0.25) is 5.02 Å². The average Bonchev–Trinajstić information content (AvgIpc) is 2.57. The summed E-state index contributed by atoms with van der Waals surface area (Å²) in [6.45, 7) is 1.41. The van der Waals surface area contributed by atoms with Gasteiger partial charge < -0.3 is 10.6 Å². The quantitative estimate of drug-likeness (QED) is 0.719. The minimum atomic E-state index is -0.199. The van der Waals surface area contributed by atoms with Crippen LogP contribution in [0.1, 0.15) is 12.5 Å². The van der Waals surface area contributed by atoms with Gasteiger partial charge in [0.15, 0.2) is 0 Å². The van der Waals surface area contributed by atoms with Crippen molar-refractivity contribution in [2.24, 2.45) is 0 Å². The number of anilines is 2. The Morgan fingerprint density at radius 3 is 2.40 bits per heavy atom. The molecule has 126 valence electrons. The van der Waals surface area contributed by atoms with Crippen molar-refractivity contribution < 1.29 is 9.59 Å². The molecule has 3 aromatic rings. The van der Waals surface area contributed by atoms with Gasteiger partial charge in [-0.05, 0) is 34.5 Å². The second kappa shape index (κ2) is 7.36.